The summed E-state index contributed by atoms with van der Waals surface area (Å²) in [5, 5.41) is 2.19. The largest absolute Gasteiger partial charge is 0.352 e. The molecule has 3 aromatic carbocycles. The Kier molecular flexibility index (Phi) is 6.60. The van der Waals surface area contributed by atoms with Crippen molar-refractivity contribution < 1.29 is 9.59 Å². The van der Waals surface area contributed by atoms with E-state index in [2.05, 4.69) is 21.7 Å². The molecule has 0 atom stereocenters. The molecule has 30 heavy (non-hydrogen) atoms. The smallest absolute Gasteiger partial charge is 0.166 e. The number of hydrogen-bond donors (Lipinski definition) is 1. The Hall–Kier alpha value is -3.92. The van der Waals surface area contributed by atoms with Gasteiger partial charge in [-0.2, -0.15) is 0 Å². The monoisotopic (exact) mass is 396 g/mol. The number of aromatic amines is 1. The minimum atomic E-state index is 0. The molecule has 1 N–H and O–H groups in total. The van der Waals surface area contributed by atoms with Gasteiger partial charge in [-0.3, -0.25) is 9.59 Å². The Bertz CT molecular complexity index is 1230. The summed E-state index contributed by atoms with van der Waals surface area (Å²) < 4.78 is 2.05. The number of nitrogens with one attached hydrogen (secondary N) is 1. The van der Waals surface area contributed by atoms with Crippen LogP contribution < -0.4 is 0 Å². The maximum absolute atomic E-state index is 11.2. The summed E-state index contributed by atoms with van der Waals surface area (Å²) in [5.41, 5.74) is 4.66. The van der Waals surface area contributed by atoms with Crippen molar-refractivity contribution in [2.45, 2.75) is 14.0 Å². The predicted molar refractivity (Wildman–Crippen MR) is 123 cm³/mol. The van der Waals surface area contributed by atoms with Crippen LogP contribution in [0.15, 0.2) is 91.0 Å². The Balaban J connectivity index is 0.000000184. The second-order valence-corrected chi connectivity index (χ2v) is 6.75. The maximum Gasteiger partial charge on any atom is 0.166 e. The first-order valence-corrected chi connectivity index (χ1v) is 9.39. The van der Waals surface area contributed by atoms with E-state index in [0.29, 0.717) is 5.69 Å². The zero-order valence-corrected chi connectivity index (χ0v) is 15.8. The molecule has 5 rings (SSSR count). The molecule has 0 fully saturated rings. The predicted octanol–water partition coefficient (Wildman–Crippen LogP) is 6.12. The van der Waals surface area contributed by atoms with Gasteiger partial charge in [0.25, 0.3) is 0 Å². The Morgan fingerprint density at radius 2 is 1.40 bits per heavy atom. The number of rotatable bonds is 4. The number of benzene rings is 3. The second kappa shape index (κ2) is 9.52. The average molecular weight is 396 g/mol. The lowest BCUT2D eigenvalue weighted by molar-refractivity contribution is 0.111. The summed E-state index contributed by atoms with van der Waals surface area (Å²) in [6.45, 7) is 0.725. The van der Waals surface area contributed by atoms with Gasteiger partial charge in [-0.05, 0) is 29.8 Å². The zero-order chi connectivity index (χ0) is 20.1. The van der Waals surface area contributed by atoms with Crippen LogP contribution in [0.3, 0.4) is 0 Å². The fourth-order valence-electron chi connectivity index (χ4n) is 3.43. The maximum atomic E-state index is 11.2. The van der Waals surface area contributed by atoms with Crippen LogP contribution in [0.4, 0.5) is 0 Å². The van der Waals surface area contributed by atoms with Crippen molar-refractivity contribution in [3.63, 3.8) is 0 Å². The van der Waals surface area contributed by atoms with E-state index in [4.69, 9.17) is 0 Å². The first-order valence-electron chi connectivity index (χ1n) is 9.39. The number of fused-ring (bicyclic) bond motifs is 2. The molecule has 2 aromatic heterocycles. The van der Waals surface area contributed by atoms with Crippen LogP contribution in [0, 0.1) is 0 Å². The van der Waals surface area contributed by atoms with Gasteiger partial charge in [0.15, 0.2) is 12.6 Å². The Morgan fingerprint density at radius 3 is 2.10 bits per heavy atom. The first-order chi connectivity index (χ1) is 14.3. The standard InChI is InChI=1S/C16H13NO.C9H7NO.CH4/c18-12-15-10-14-8-4-5-9-16(14)17(15)11-13-6-2-1-3-7-13;11-6-8-5-7-3-1-2-4-9(7)10-8;/h1-10,12H,11H2;1-6,10H;1H4. The number of carbonyl (C=O) groups is 2. The molecule has 0 saturated carbocycles. The fourth-order valence-corrected chi connectivity index (χ4v) is 3.43. The lowest BCUT2D eigenvalue weighted by atomic mass is 10.2. The van der Waals surface area contributed by atoms with Gasteiger partial charge in [0, 0.05) is 28.4 Å². The summed E-state index contributed by atoms with van der Waals surface area (Å²) in [6.07, 6.45) is 1.74. The highest BCUT2D eigenvalue weighted by Gasteiger charge is 2.07. The normalized spacial score (nSPS) is 10.1. The van der Waals surface area contributed by atoms with Gasteiger partial charge in [-0.15, -0.1) is 0 Å². The molecule has 2 heterocycles. The van der Waals surface area contributed by atoms with E-state index in [0.717, 1.165) is 46.6 Å². The Morgan fingerprint density at radius 1 is 0.733 bits per heavy atom. The van der Waals surface area contributed by atoms with E-state index in [1.165, 1.54) is 5.56 Å². The van der Waals surface area contributed by atoms with E-state index in [-0.39, 0.29) is 7.43 Å². The number of aldehydes is 2. The van der Waals surface area contributed by atoms with Crippen LogP contribution in [0.2, 0.25) is 0 Å². The number of nitrogens with zero attached hydrogens (tertiary/aromatic N) is 1. The summed E-state index contributed by atoms with van der Waals surface area (Å²) in [4.78, 5) is 24.5. The topological polar surface area (TPSA) is 54.9 Å². The molecular weight excluding hydrogens is 372 g/mol. The van der Waals surface area contributed by atoms with Gasteiger partial charge >= 0.3 is 0 Å². The Labute approximate surface area is 175 Å². The highest BCUT2D eigenvalue weighted by atomic mass is 16.1. The van der Waals surface area contributed by atoms with E-state index in [9.17, 15) is 9.59 Å². The van der Waals surface area contributed by atoms with Gasteiger partial charge in [0.1, 0.15) is 0 Å². The van der Waals surface area contributed by atoms with Crippen LogP contribution in [-0.2, 0) is 6.54 Å². The minimum Gasteiger partial charge on any atom is -0.352 e. The van der Waals surface area contributed by atoms with E-state index >= 15 is 0 Å². The molecule has 0 saturated heterocycles. The number of hydrogen-bond acceptors (Lipinski definition) is 2. The van der Waals surface area contributed by atoms with Crippen molar-refractivity contribution in [1.29, 1.82) is 0 Å². The summed E-state index contributed by atoms with van der Waals surface area (Å²) >= 11 is 0. The van der Waals surface area contributed by atoms with E-state index < -0.39 is 0 Å². The van der Waals surface area contributed by atoms with Crippen molar-refractivity contribution in [2.24, 2.45) is 0 Å². The average Bonchev–Trinajstić information content (AvgIpc) is 3.36. The number of carbonyl (C=O) groups excluding carboxylic acids is 2. The van der Waals surface area contributed by atoms with Crippen molar-refractivity contribution in [3.8, 4) is 0 Å². The molecule has 0 radical (unpaired) electrons. The number of para-hydroxylation sites is 2. The summed E-state index contributed by atoms with van der Waals surface area (Å²) in [5.74, 6) is 0. The van der Waals surface area contributed by atoms with Gasteiger partial charge in [0.05, 0.1) is 11.4 Å². The van der Waals surface area contributed by atoms with Crippen LogP contribution in [0.5, 0.6) is 0 Å². The quantitative estimate of drug-likeness (QED) is 0.372. The van der Waals surface area contributed by atoms with Crippen molar-refractivity contribution in [2.75, 3.05) is 0 Å². The third kappa shape index (κ3) is 4.39. The molecule has 0 spiro atoms. The second-order valence-electron chi connectivity index (χ2n) is 6.75. The SMILES string of the molecule is C.O=Cc1cc2ccccc2[nH]1.O=Cc1cc2ccccc2n1Cc1ccccc1. The van der Waals surface area contributed by atoms with E-state index in [1.807, 2.05) is 78.9 Å². The molecule has 0 unspecified atom stereocenters. The molecule has 4 nitrogen and oxygen atoms in total. The summed E-state index contributed by atoms with van der Waals surface area (Å²) in [6, 6.07) is 29.8. The minimum absolute atomic E-state index is 0. The molecule has 4 heteroatoms. The molecule has 150 valence electrons. The molecule has 0 bridgehead atoms. The number of H-pyrrole nitrogens is 1. The van der Waals surface area contributed by atoms with Gasteiger partial charge in [-0.25, -0.2) is 0 Å². The van der Waals surface area contributed by atoms with Gasteiger partial charge in [0.2, 0.25) is 0 Å². The first kappa shape index (κ1) is 20.8. The fraction of sp³-hybridized carbons (Fsp3) is 0.0769. The van der Waals surface area contributed by atoms with Crippen molar-refractivity contribution >= 4 is 34.4 Å². The lowest BCUT2D eigenvalue weighted by Gasteiger charge is -2.07. The third-order valence-corrected chi connectivity index (χ3v) is 4.82. The zero-order valence-electron chi connectivity index (χ0n) is 15.8. The van der Waals surface area contributed by atoms with E-state index in [1.54, 1.807) is 0 Å². The van der Waals surface area contributed by atoms with Crippen LogP contribution in [0.25, 0.3) is 21.8 Å². The van der Waals surface area contributed by atoms with Gasteiger partial charge in [-0.1, -0.05) is 74.2 Å². The number of aromatic nitrogens is 2. The highest BCUT2D eigenvalue weighted by Crippen LogP contribution is 2.20. The van der Waals surface area contributed by atoms with Crippen molar-refractivity contribution in [1.82, 2.24) is 9.55 Å². The van der Waals surface area contributed by atoms with Crippen LogP contribution in [0.1, 0.15) is 34.0 Å². The van der Waals surface area contributed by atoms with Gasteiger partial charge < -0.3 is 9.55 Å². The lowest BCUT2D eigenvalue weighted by Crippen LogP contribution is -2.03. The highest BCUT2D eigenvalue weighted by molar-refractivity contribution is 5.89. The van der Waals surface area contributed by atoms with Crippen LogP contribution >= 0.6 is 0 Å². The molecule has 5 aromatic rings. The third-order valence-electron chi connectivity index (χ3n) is 4.82. The van der Waals surface area contributed by atoms with Crippen molar-refractivity contribution in [3.05, 3.63) is 108 Å². The molecule has 0 aliphatic rings. The molecule has 0 amide bonds. The molecule has 0 aliphatic carbocycles. The van der Waals surface area contributed by atoms with Crippen LogP contribution in [-0.4, -0.2) is 22.1 Å². The molecular formula is C26H24N2O2. The summed E-state index contributed by atoms with van der Waals surface area (Å²) in [7, 11) is 0. The molecule has 0 aliphatic heterocycles.